The van der Waals surface area contributed by atoms with E-state index in [4.69, 9.17) is 16.3 Å². The highest BCUT2D eigenvalue weighted by Gasteiger charge is 2.20. The lowest BCUT2D eigenvalue weighted by molar-refractivity contribution is -0.115. The molecule has 2 aromatic carbocycles. The van der Waals surface area contributed by atoms with E-state index in [-0.39, 0.29) is 4.90 Å². The highest BCUT2D eigenvalue weighted by Crippen LogP contribution is 2.30. The molecule has 1 heterocycles. The first kappa shape index (κ1) is 21.5. The zero-order chi connectivity index (χ0) is 21.2. The van der Waals surface area contributed by atoms with E-state index in [9.17, 15) is 13.2 Å². The number of benzene rings is 2. The number of aryl methyl sites for hydroxylation is 2. The second-order valence-electron chi connectivity index (χ2n) is 6.52. The molecule has 0 saturated carbocycles. The van der Waals surface area contributed by atoms with Crippen LogP contribution >= 0.6 is 22.9 Å². The summed E-state index contributed by atoms with van der Waals surface area (Å²) in [5.41, 5.74) is 1.91. The van der Waals surface area contributed by atoms with Crippen LogP contribution in [0.2, 0.25) is 5.02 Å². The van der Waals surface area contributed by atoms with Gasteiger partial charge >= 0.3 is 0 Å². The monoisotopic (exact) mass is 452 g/mol. The van der Waals surface area contributed by atoms with Gasteiger partial charge in [-0.2, -0.15) is 4.99 Å². The number of rotatable bonds is 6. The molecule has 0 bridgehead atoms. The number of thiazole rings is 1. The van der Waals surface area contributed by atoms with Crippen molar-refractivity contribution in [3.05, 3.63) is 51.8 Å². The number of nitrogens with zero attached hydrogens (tertiary/aromatic N) is 2. The zero-order valence-electron chi connectivity index (χ0n) is 16.3. The van der Waals surface area contributed by atoms with Gasteiger partial charge in [-0.25, -0.2) is 8.42 Å². The van der Waals surface area contributed by atoms with Crippen LogP contribution in [0.4, 0.5) is 0 Å². The first-order valence-electron chi connectivity index (χ1n) is 8.99. The molecule has 29 heavy (non-hydrogen) atoms. The Kier molecular flexibility index (Phi) is 6.45. The van der Waals surface area contributed by atoms with Crippen LogP contribution in [0.15, 0.2) is 46.3 Å². The molecule has 1 amide bonds. The predicted octanol–water partition coefficient (Wildman–Crippen LogP) is 3.98. The van der Waals surface area contributed by atoms with Gasteiger partial charge in [-0.1, -0.05) is 35.9 Å². The molecule has 0 radical (unpaired) electrons. The Morgan fingerprint density at radius 2 is 1.90 bits per heavy atom. The van der Waals surface area contributed by atoms with Gasteiger partial charge in [-0.3, -0.25) is 4.79 Å². The van der Waals surface area contributed by atoms with Crippen LogP contribution in [0.1, 0.15) is 18.9 Å². The third-order valence-electron chi connectivity index (χ3n) is 4.36. The number of aromatic nitrogens is 1. The number of carbonyl (C=O) groups is 1. The lowest BCUT2D eigenvalue weighted by Gasteiger charge is -2.08. The molecule has 3 aromatic rings. The molecule has 6 nitrogen and oxygen atoms in total. The molecule has 0 aliphatic rings. The highest BCUT2D eigenvalue weighted by molar-refractivity contribution is 7.92. The lowest BCUT2D eigenvalue weighted by atomic mass is 10.2. The smallest absolute Gasteiger partial charge is 0.263 e. The van der Waals surface area contributed by atoms with Crippen molar-refractivity contribution < 1.29 is 17.9 Å². The minimum Gasteiger partial charge on any atom is -0.495 e. The van der Waals surface area contributed by atoms with Gasteiger partial charge in [0.05, 0.1) is 16.7 Å². The molecule has 0 N–H and O–H groups in total. The molecule has 0 unspecified atom stereocenters. The highest BCUT2D eigenvalue weighted by atomic mass is 35.5. The molecule has 0 saturated heterocycles. The molecule has 154 valence electrons. The number of hydrogen-bond donors (Lipinski definition) is 0. The van der Waals surface area contributed by atoms with Crippen LogP contribution in [0.5, 0.6) is 5.75 Å². The maximum absolute atomic E-state index is 12.5. The molecule has 0 aliphatic carbocycles. The van der Waals surface area contributed by atoms with E-state index in [0.29, 0.717) is 22.1 Å². The maximum Gasteiger partial charge on any atom is 0.263 e. The van der Waals surface area contributed by atoms with Crippen molar-refractivity contribution in [1.29, 1.82) is 0 Å². The number of sulfone groups is 1. The minimum absolute atomic E-state index is 0.0424. The predicted molar refractivity (Wildman–Crippen MR) is 115 cm³/mol. The fourth-order valence-corrected chi connectivity index (χ4v) is 5.38. The van der Waals surface area contributed by atoms with Crippen LogP contribution in [0, 0.1) is 6.92 Å². The van der Waals surface area contributed by atoms with E-state index < -0.39 is 21.5 Å². The van der Waals surface area contributed by atoms with Gasteiger partial charge in [0.25, 0.3) is 5.91 Å². The number of amides is 1. The van der Waals surface area contributed by atoms with Crippen molar-refractivity contribution in [2.24, 2.45) is 4.99 Å². The molecule has 3 rings (SSSR count). The summed E-state index contributed by atoms with van der Waals surface area (Å²) in [6, 6.07) is 9.56. The average molecular weight is 453 g/mol. The van der Waals surface area contributed by atoms with Crippen LogP contribution < -0.4 is 9.54 Å². The summed E-state index contributed by atoms with van der Waals surface area (Å²) in [6.45, 7) is 4.64. The summed E-state index contributed by atoms with van der Waals surface area (Å²) < 4.78 is 33.4. The van der Waals surface area contributed by atoms with Gasteiger partial charge in [0, 0.05) is 11.6 Å². The van der Waals surface area contributed by atoms with Crippen LogP contribution in [-0.4, -0.2) is 31.8 Å². The standard InChI is InChI=1S/C20H21ClN2O4S2/c1-4-11-23-18-16(27-3)10-5-13(2)19(18)28-20(23)22-17(24)12-29(25,26)15-8-6-14(21)7-9-15/h5-10H,4,11-12H2,1-3H3. The van der Waals surface area contributed by atoms with E-state index in [2.05, 4.69) is 4.99 Å². The maximum atomic E-state index is 12.5. The van der Waals surface area contributed by atoms with Crippen LogP contribution in [0.3, 0.4) is 0 Å². The number of methoxy groups -OCH3 is 1. The van der Waals surface area contributed by atoms with Gasteiger partial charge in [-0.05, 0) is 49.2 Å². The molecule has 0 aliphatic heterocycles. The Balaban J connectivity index is 2.05. The molecule has 0 spiro atoms. The summed E-state index contributed by atoms with van der Waals surface area (Å²) in [4.78, 5) is 17.2. The van der Waals surface area contributed by atoms with Gasteiger partial charge in [0.2, 0.25) is 0 Å². The SMILES string of the molecule is CCCn1c(=NC(=O)CS(=O)(=O)c2ccc(Cl)cc2)sc2c(C)ccc(OC)c21. The summed E-state index contributed by atoms with van der Waals surface area (Å²) >= 11 is 7.16. The molecule has 0 atom stereocenters. The Bertz CT molecular complexity index is 1230. The number of ether oxygens (including phenoxy) is 1. The van der Waals surface area contributed by atoms with Crippen molar-refractivity contribution in [2.75, 3.05) is 12.9 Å². The van der Waals surface area contributed by atoms with E-state index in [1.54, 1.807) is 7.11 Å². The second kappa shape index (κ2) is 8.69. The van der Waals surface area contributed by atoms with Crippen LogP contribution in [-0.2, 0) is 21.2 Å². The van der Waals surface area contributed by atoms with Crippen LogP contribution in [0.25, 0.3) is 10.2 Å². The Hall–Kier alpha value is -2.16. The van der Waals surface area contributed by atoms with E-state index in [0.717, 1.165) is 22.2 Å². The van der Waals surface area contributed by atoms with Gasteiger partial charge < -0.3 is 9.30 Å². The Morgan fingerprint density at radius 3 is 2.52 bits per heavy atom. The number of halogens is 1. The number of fused-ring (bicyclic) bond motifs is 1. The molecule has 0 fully saturated rings. The molecular formula is C20H21ClN2O4S2. The molecule has 9 heteroatoms. The summed E-state index contributed by atoms with van der Waals surface area (Å²) in [6.07, 6.45) is 0.827. The summed E-state index contributed by atoms with van der Waals surface area (Å²) in [7, 11) is -2.21. The molecular weight excluding hydrogens is 432 g/mol. The van der Waals surface area contributed by atoms with Crippen molar-refractivity contribution in [1.82, 2.24) is 4.57 Å². The quantitative estimate of drug-likeness (QED) is 0.566. The second-order valence-corrected chi connectivity index (χ2v) is 9.92. The zero-order valence-corrected chi connectivity index (χ0v) is 18.7. The van der Waals surface area contributed by atoms with Gasteiger partial charge in [-0.15, -0.1) is 0 Å². The normalized spacial score (nSPS) is 12.5. The Morgan fingerprint density at radius 1 is 1.21 bits per heavy atom. The van der Waals surface area contributed by atoms with E-state index >= 15 is 0 Å². The van der Waals surface area contributed by atoms with Gasteiger partial charge in [0.1, 0.15) is 17.0 Å². The van der Waals surface area contributed by atoms with Crippen molar-refractivity contribution >= 4 is 48.9 Å². The first-order chi connectivity index (χ1) is 13.8. The largest absolute Gasteiger partial charge is 0.495 e. The summed E-state index contributed by atoms with van der Waals surface area (Å²) in [5, 5.41) is 0.426. The molecule has 1 aromatic heterocycles. The lowest BCUT2D eigenvalue weighted by Crippen LogP contribution is -2.21. The third kappa shape index (κ3) is 4.55. The fourth-order valence-electron chi connectivity index (χ4n) is 2.99. The number of hydrogen-bond acceptors (Lipinski definition) is 5. The van der Waals surface area contributed by atoms with Crippen molar-refractivity contribution in [3.8, 4) is 5.75 Å². The Labute approximate surface area is 178 Å². The van der Waals surface area contributed by atoms with Gasteiger partial charge in [0.15, 0.2) is 14.6 Å². The topological polar surface area (TPSA) is 77.7 Å². The summed E-state index contributed by atoms with van der Waals surface area (Å²) in [5.74, 6) is -0.726. The number of carbonyl (C=O) groups excluding carboxylic acids is 1. The average Bonchev–Trinajstić information content (AvgIpc) is 3.01. The van der Waals surface area contributed by atoms with E-state index in [1.165, 1.54) is 35.6 Å². The first-order valence-corrected chi connectivity index (χ1v) is 11.8. The fraction of sp³-hybridized carbons (Fsp3) is 0.300. The van der Waals surface area contributed by atoms with Crippen molar-refractivity contribution in [3.63, 3.8) is 0 Å². The minimum atomic E-state index is -3.80. The van der Waals surface area contributed by atoms with E-state index in [1.807, 2.05) is 30.5 Å². The van der Waals surface area contributed by atoms with Crippen molar-refractivity contribution in [2.45, 2.75) is 31.7 Å². The third-order valence-corrected chi connectivity index (χ3v) is 7.44.